The first-order chi connectivity index (χ1) is 13.9. The van der Waals surface area contributed by atoms with Gasteiger partial charge < -0.3 is 10.1 Å². The zero-order chi connectivity index (χ0) is 20.5. The van der Waals surface area contributed by atoms with E-state index in [0.717, 1.165) is 16.8 Å². The van der Waals surface area contributed by atoms with Gasteiger partial charge in [-0.3, -0.25) is 0 Å². The molecule has 0 saturated carbocycles. The number of anilines is 1. The van der Waals surface area contributed by atoms with Gasteiger partial charge in [0.2, 0.25) is 16.0 Å². The highest BCUT2D eigenvalue weighted by molar-refractivity contribution is 7.89. The molecule has 0 bridgehead atoms. The average molecular weight is 417 g/mol. The van der Waals surface area contributed by atoms with Crippen LogP contribution in [0.5, 0.6) is 0 Å². The summed E-state index contributed by atoms with van der Waals surface area (Å²) in [7, 11) is -3.27. The summed E-state index contributed by atoms with van der Waals surface area (Å²) in [5, 5.41) is 3.29. The van der Waals surface area contributed by atoms with Gasteiger partial charge in [0, 0.05) is 31.4 Å². The van der Waals surface area contributed by atoms with Crippen LogP contribution in [0.15, 0.2) is 36.5 Å². The number of sulfonamides is 1. The zero-order valence-electron chi connectivity index (χ0n) is 17.0. The zero-order valence-corrected chi connectivity index (χ0v) is 17.8. The van der Waals surface area contributed by atoms with Gasteiger partial charge in [-0.05, 0) is 17.9 Å². The lowest BCUT2D eigenvalue weighted by atomic mass is 9.81. The van der Waals surface area contributed by atoms with Gasteiger partial charge in [0.25, 0.3) is 0 Å². The lowest BCUT2D eigenvalue weighted by molar-refractivity contribution is 0.0532. The van der Waals surface area contributed by atoms with E-state index in [1.165, 1.54) is 0 Å². The molecule has 1 atom stereocenters. The van der Waals surface area contributed by atoms with Crippen molar-refractivity contribution in [2.75, 3.05) is 30.8 Å². The second-order valence-electron chi connectivity index (χ2n) is 8.44. The monoisotopic (exact) mass is 416 g/mol. The Kier molecular flexibility index (Phi) is 5.59. The lowest BCUT2D eigenvalue weighted by Crippen LogP contribution is -2.42. The normalized spacial score (nSPS) is 22.2. The molecule has 4 rings (SSSR count). The number of aromatic nitrogens is 2. The van der Waals surface area contributed by atoms with E-state index in [0.29, 0.717) is 45.2 Å². The number of nitrogens with one attached hydrogen (secondary N) is 1. The highest BCUT2D eigenvalue weighted by Crippen LogP contribution is 2.40. The summed E-state index contributed by atoms with van der Waals surface area (Å²) in [5.41, 5.74) is 2.63. The maximum Gasteiger partial charge on any atom is 0.223 e. The molecule has 156 valence electrons. The number of ether oxygens (including phenoxy) is 1. The summed E-state index contributed by atoms with van der Waals surface area (Å²) in [6.07, 6.45) is 2.52. The van der Waals surface area contributed by atoms with Gasteiger partial charge in [-0.25, -0.2) is 22.7 Å². The molecule has 1 fully saturated rings. The molecule has 1 spiro atoms. The minimum atomic E-state index is -3.27. The fourth-order valence-corrected chi connectivity index (χ4v) is 6.03. The Labute approximate surface area is 172 Å². The van der Waals surface area contributed by atoms with Crippen molar-refractivity contribution >= 4 is 16.0 Å². The number of nitrogens with zero attached hydrogens (tertiary/aromatic N) is 3. The molecule has 1 aromatic heterocycles. The first-order valence-electron chi connectivity index (χ1n) is 10.1. The van der Waals surface area contributed by atoms with Crippen LogP contribution < -0.4 is 5.32 Å². The maximum atomic E-state index is 12.7. The molecule has 0 unspecified atom stereocenters. The molecule has 3 heterocycles. The summed E-state index contributed by atoms with van der Waals surface area (Å²) in [6, 6.07) is 10.1. The molecule has 2 aliphatic rings. The number of rotatable bonds is 6. The topological polar surface area (TPSA) is 84.4 Å². The van der Waals surface area contributed by atoms with Crippen LogP contribution in [0.2, 0.25) is 0 Å². The Morgan fingerprint density at radius 3 is 2.83 bits per heavy atom. The molecular weight excluding hydrogens is 388 g/mol. The summed E-state index contributed by atoms with van der Waals surface area (Å²) in [4.78, 5) is 9.25. The Bertz CT molecular complexity index is 965. The summed E-state index contributed by atoms with van der Waals surface area (Å²) < 4.78 is 32.9. The quantitative estimate of drug-likeness (QED) is 0.779. The second kappa shape index (κ2) is 8.01. The Morgan fingerprint density at radius 1 is 1.28 bits per heavy atom. The van der Waals surface area contributed by atoms with Crippen molar-refractivity contribution in [2.45, 2.75) is 38.8 Å². The molecule has 1 N–H and O–H groups in total. The number of benzene rings is 1. The number of hydrogen-bond acceptors (Lipinski definition) is 6. The van der Waals surface area contributed by atoms with E-state index < -0.39 is 15.4 Å². The first-order valence-corrected chi connectivity index (χ1v) is 11.7. The predicted octanol–water partition coefficient (Wildman–Crippen LogP) is 2.55. The Morgan fingerprint density at radius 2 is 2.07 bits per heavy atom. The molecule has 8 heteroatoms. The van der Waals surface area contributed by atoms with Gasteiger partial charge in [0.1, 0.15) is 0 Å². The van der Waals surface area contributed by atoms with Crippen LogP contribution in [0.4, 0.5) is 5.95 Å². The van der Waals surface area contributed by atoms with Gasteiger partial charge in [0.05, 0.1) is 30.1 Å². The molecule has 0 aliphatic carbocycles. The minimum absolute atomic E-state index is 0.0996. The van der Waals surface area contributed by atoms with Crippen molar-refractivity contribution < 1.29 is 13.2 Å². The van der Waals surface area contributed by atoms with Crippen LogP contribution in [-0.4, -0.2) is 48.1 Å². The van der Waals surface area contributed by atoms with E-state index in [4.69, 9.17) is 9.72 Å². The third-order valence-electron chi connectivity index (χ3n) is 5.55. The number of hydrogen-bond donors (Lipinski definition) is 1. The van der Waals surface area contributed by atoms with E-state index in [1.807, 2.05) is 38.2 Å². The van der Waals surface area contributed by atoms with E-state index >= 15 is 0 Å². The van der Waals surface area contributed by atoms with Gasteiger partial charge in [-0.2, -0.15) is 0 Å². The molecule has 2 aliphatic heterocycles. The Hall–Kier alpha value is -2.03. The van der Waals surface area contributed by atoms with Crippen LogP contribution in [0.1, 0.15) is 37.1 Å². The van der Waals surface area contributed by atoms with E-state index in [2.05, 4.69) is 22.4 Å². The molecule has 0 amide bonds. The fraction of sp³-hybridized carbons (Fsp3) is 0.524. The van der Waals surface area contributed by atoms with Crippen LogP contribution in [0.3, 0.4) is 0 Å². The smallest absolute Gasteiger partial charge is 0.223 e. The van der Waals surface area contributed by atoms with Gasteiger partial charge >= 0.3 is 0 Å². The summed E-state index contributed by atoms with van der Waals surface area (Å²) in [6.45, 7) is 6.38. The Balaban J connectivity index is 1.56. The van der Waals surface area contributed by atoms with Crippen molar-refractivity contribution in [3.8, 4) is 0 Å². The van der Waals surface area contributed by atoms with Crippen molar-refractivity contribution in [1.82, 2.24) is 14.3 Å². The van der Waals surface area contributed by atoms with Gasteiger partial charge in [-0.15, -0.1) is 0 Å². The second-order valence-corrected chi connectivity index (χ2v) is 10.4. The molecule has 2 aromatic rings. The largest absolute Gasteiger partial charge is 0.376 e. The third-order valence-corrected chi connectivity index (χ3v) is 7.74. The molecule has 1 aromatic carbocycles. The van der Waals surface area contributed by atoms with Gasteiger partial charge in [0.15, 0.2) is 0 Å². The molecule has 0 radical (unpaired) electrons. The molecular formula is C21H28N4O3S. The van der Waals surface area contributed by atoms with Crippen LogP contribution in [0, 0.1) is 5.92 Å². The molecule has 1 saturated heterocycles. The fourth-order valence-electron chi connectivity index (χ4n) is 4.17. The SMILES string of the molecule is CC(C)CS(=O)(=O)N1CC[C@]2(COCc3cnc(NCc4ccccc4)nc32)C1. The average Bonchev–Trinajstić information content (AvgIpc) is 3.12. The lowest BCUT2D eigenvalue weighted by Gasteiger charge is -2.34. The van der Waals surface area contributed by atoms with Crippen LogP contribution >= 0.6 is 0 Å². The van der Waals surface area contributed by atoms with Crippen molar-refractivity contribution in [3.05, 3.63) is 53.3 Å². The highest BCUT2D eigenvalue weighted by Gasteiger charge is 2.48. The van der Waals surface area contributed by atoms with Crippen molar-refractivity contribution in [2.24, 2.45) is 5.92 Å². The highest BCUT2D eigenvalue weighted by atomic mass is 32.2. The standard InChI is InChI=1S/C21H28N4O3S/c1-16(2)13-29(26,27)25-9-8-21(14-25)15-28-12-18-11-23-20(24-19(18)21)22-10-17-6-4-3-5-7-17/h3-7,11,16H,8-10,12-15H2,1-2H3,(H,22,23,24)/t21-/m1/s1. The van der Waals surface area contributed by atoms with E-state index in [1.54, 1.807) is 4.31 Å². The third kappa shape index (κ3) is 4.29. The molecule has 7 nitrogen and oxygen atoms in total. The predicted molar refractivity (Wildman–Crippen MR) is 112 cm³/mol. The summed E-state index contributed by atoms with van der Waals surface area (Å²) in [5.74, 6) is 0.838. The first kappa shape index (κ1) is 20.3. The maximum absolute atomic E-state index is 12.7. The van der Waals surface area contributed by atoms with E-state index in [9.17, 15) is 8.42 Å². The van der Waals surface area contributed by atoms with Crippen LogP contribution in [-0.2, 0) is 33.3 Å². The van der Waals surface area contributed by atoms with E-state index in [-0.39, 0.29) is 11.7 Å². The van der Waals surface area contributed by atoms with Crippen molar-refractivity contribution in [3.63, 3.8) is 0 Å². The number of fused-ring (bicyclic) bond motifs is 2. The van der Waals surface area contributed by atoms with Gasteiger partial charge in [-0.1, -0.05) is 44.2 Å². The van der Waals surface area contributed by atoms with Crippen molar-refractivity contribution in [1.29, 1.82) is 0 Å². The minimum Gasteiger partial charge on any atom is -0.376 e. The molecule has 29 heavy (non-hydrogen) atoms. The van der Waals surface area contributed by atoms with Crippen LogP contribution in [0.25, 0.3) is 0 Å². The summed E-state index contributed by atoms with van der Waals surface area (Å²) >= 11 is 0.